The molecule has 0 N–H and O–H groups in total. The second-order valence-electron chi connectivity index (χ2n) is 5.07. The van der Waals surface area contributed by atoms with Gasteiger partial charge < -0.3 is 0 Å². The van der Waals surface area contributed by atoms with Gasteiger partial charge in [-0.05, 0) is 12.1 Å². The molecule has 0 atom stereocenters. The number of rotatable bonds is 1. The van der Waals surface area contributed by atoms with Gasteiger partial charge in [0.25, 0.3) is 0 Å². The SMILES string of the molecule is c1ccc2c(c1)sc1c3ccccc3n(-c3ncncn3)c21. The Morgan fingerprint density at radius 3 is 2.41 bits per heavy atom. The predicted molar refractivity (Wildman–Crippen MR) is 89.5 cm³/mol. The Bertz CT molecular complexity index is 1120. The lowest BCUT2D eigenvalue weighted by atomic mass is 10.2. The normalized spacial score (nSPS) is 11.6. The molecule has 4 nitrogen and oxygen atoms in total. The Labute approximate surface area is 129 Å². The maximum Gasteiger partial charge on any atom is 0.237 e. The van der Waals surface area contributed by atoms with Gasteiger partial charge in [0.2, 0.25) is 5.95 Å². The minimum Gasteiger partial charge on any atom is -0.276 e. The van der Waals surface area contributed by atoms with E-state index in [9.17, 15) is 0 Å². The highest BCUT2D eigenvalue weighted by Gasteiger charge is 2.18. The van der Waals surface area contributed by atoms with Crippen molar-refractivity contribution in [2.45, 2.75) is 0 Å². The van der Waals surface area contributed by atoms with Gasteiger partial charge in [-0.25, -0.2) is 15.0 Å². The number of thiophene rings is 1. The fraction of sp³-hybridized carbons (Fsp3) is 0. The molecule has 2 aromatic carbocycles. The molecule has 0 radical (unpaired) electrons. The van der Waals surface area contributed by atoms with E-state index in [0.717, 1.165) is 5.52 Å². The van der Waals surface area contributed by atoms with Crippen LogP contribution in [0, 0.1) is 0 Å². The predicted octanol–water partition coefficient (Wildman–Crippen LogP) is 4.18. The third kappa shape index (κ3) is 1.48. The van der Waals surface area contributed by atoms with Crippen LogP contribution in [0.5, 0.6) is 0 Å². The fourth-order valence-corrected chi connectivity index (χ4v) is 4.20. The molecule has 5 aromatic rings. The van der Waals surface area contributed by atoms with Crippen molar-refractivity contribution < 1.29 is 0 Å². The van der Waals surface area contributed by atoms with Crippen molar-refractivity contribution in [2.24, 2.45) is 0 Å². The van der Waals surface area contributed by atoms with E-state index in [4.69, 9.17) is 0 Å². The van der Waals surface area contributed by atoms with Gasteiger partial charge in [-0.2, -0.15) is 0 Å². The fourth-order valence-electron chi connectivity index (χ4n) is 2.97. The van der Waals surface area contributed by atoms with Crippen LogP contribution < -0.4 is 0 Å². The Kier molecular flexibility index (Phi) is 2.34. The first-order chi connectivity index (χ1) is 10.9. The van der Waals surface area contributed by atoms with Crippen LogP contribution in [0.3, 0.4) is 0 Å². The molecule has 0 aliphatic carbocycles. The molecule has 3 heterocycles. The largest absolute Gasteiger partial charge is 0.276 e. The number of aromatic nitrogens is 4. The van der Waals surface area contributed by atoms with Gasteiger partial charge >= 0.3 is 0 Å². The first-order valence-electron chi connectivity index (χ1n) is 6.96. The van der Waals surface area contributed by atoms with Crippen molar-refractivity contribution in [2.75, 3.05) is 0 Å². The van der Waals surface area contributed by atoms with E-state index in [2.05, 4.69) is 62.0 Å². The van der Waals surface area contributed by atoms with Crippen LogP contribution >= 0.6 is 11.3 Å². The van der Waals surface area contributed by atoms with Gasteiger partial charge in [0.15, 0.2) is 0 Å². The zero-order chi connectivity index (χ0) is 14.5. The molecule has 22 heavy (non-hydrogen) atoms. The van der Waals surface area contributed by atoms with Crippen molar-refractivity contribution in [1.29, 1.82) is 0 Å². The highest BCUT2D eigenvalue weighted by Crippen LogP contribution is 2.41. The minimum atomic E-state index is 0.657. The highest BCUT2D eigenvalue weighted by atomic mass is 32.1. The van der Waals surface area contributed by atoms with Crippen LogP contribution in [0.15, 0.2) is 61.2 Å². The summed E-state index contributed by atoms with van der Waals surface area (Å²) < 4.78 is 4.68. The number of benzene rings is 2. The van der Waals surface area contributed by atoms with Crippen LogP contribution in [-0.4, -0.2) is 19.5 Å². The van der Waals surface area contributed by atoms with Gasteiger partial charge in [0.05, 0.1) is 15.7 Å². The summed E-state index contributed by atoms with van der Waals surface area (Å²) in [4.78, 5) is 12.6. The van der Waals surface area contributed by atoms with Crippen LogP contribution in [0.1, 0.15) is 0 Å². The molecule has 0 saturated heterocycles. The Morgan fingerprint density at radius 2 is 1.55 bits per heavy atom. The summed E-state index contributed by atoms with van der Waals surface area (Å²) >= 11 is 1.81. The summed E-state index contributed by atoms with van der Waals surface area (Å²) in [5, 5.41) is 2.47. The third-order valence-corrected chi connectivity index (χ3v) is 5.06. The summed E-state index contributed by atoms with van der Waals surface area (Å²) in [5.74, 6) is 0.657. The Hall–Kier alpha value is -2.79. The average Bonchev–Trinajstić information content (AvgIpc) is 3.10. The maximum absolute atomic E-state index is 4.35. The van der Waals surface area contributed by atoms with Gasteiger partial charge in [0, 0.05) is 15.5 Å². The highest BCUT2D eigenvalue weighted by molar-refractivity contribution is 7.26. The molecule has 104 valence electrons. The number of hydrogen-bond acceptors (Lipinski definition) is 4. The van der Waals surface area contributed by atoms with Crippen LogP contribution in [0.25, 0.3) is 37.2 Å². The van der Waals surface area contributed by atoms with Gasteiger partial charge in [-0.15, -0.1) is 11.3 Å². The molecule has 0 aliphatic heterocycles. The smallest absolute Gasteiger partial charge is 0.237 e. The van der Waals surface area contributed by atoms with Crippen LogP contribution in [0.4, 0.5) is 0 Å². The number of nitrogens with zero attached hydrogens (tertiary/aromatic N) is 4. The standard InChI is InChI=1S/C17H10N4S/c1-3-7-13-11(5-1)16-15(12-6-2-4-8-14(12)22-16)21(13)17-19-9-18-10-20-17/h1-10H. The molecule has 0 aliphatic rings. The Morgan fingerprint density at radius 1 is 0.818 bits per heavy atom. The second kappa shape index (κ2) is 4.35. The maximum atomic E-state index is 4.35. The summed E-state index contributed by atoms with van der Waals surface area (Å²) in [6.45, 7) is 0. The van der Waals surface area contributed by atoms with E-state index in [0.29, 0.717) is 5.95 Å². The average molecular weight is 302 g/mol. The van der Waals surface area contributed by atoms with Crippen LogP contribution in [0.2, 0.25) is 0 Å². The summed E-state index contributed by atoms with van der Waals surface area (Å²) in [7, 11) is 0. The van der Waals surface area contributed by atoms with E-state index < -0.39 is 0 Å². The molecule has 0 saturated carbocycles. The van der Waals surface area contributed by atoms with Crippen molar-refractivity contribution in [1.82, 2.24) is 19.5 Å². The molecule has 0 spiro atoms. The zero-order valence-corrected chi connectivity index (χ0v) is 12.3. The van der Waals surface area contributed by atoms with E-state index in [1.54, 1.807) is 0 Å². The van der Waals surface area contributed by atoms with Gasteiger partial charge in [-0.3, -0.25) is 4.57 Å². The summed E-state index contributed by atoms with van der Waals surface area (Å²) in [5.41, 5.74) is 2.30. The quantitative estimate of drug-likeness (QED) is 0.466. The molecular weight excluding hydrogens is 292 g/mol. The minimum absolute atomic E-state index is 0.657. The van der Waals surface area contributed by atoms with Crippen molar-refractivity contribution in [3.63, 3.8) is 0 Å². The van der Waals surface area contributed by atoms with Crippen LogP contribution in [-0.2, 0) is 0 Å². The summed E-state index contributed by atoms with van der Waals surface area (Å²) in [6.07, 6.45) is 3.08. The lowest BCUT2D eigenvalue weighted by molar-refractivity contribution is 0.941. The molecule has 3 aromatic heterocycles. The number of para-hydroxylation sites is 1. The van der Waals surface area contributed by atoms with Crippen molar-refractivity contribution >= 4 is 42.5 Å². The topological polar surface area (TPSA) is 43.6 Å². The molecule has 0 fully saturated rings. The van der Waals surface area contributed by atoms with E-state index in [1.165, 1.54) is 38.3 Å². The van der Waals surface area contributed by atoms with E-state index >= 15 is 0 Å². The lowest BCUT2D eigenvalue weighted by Crippen LogP contribution is -2.00. The number of fused-ring (bicyclic) bond motifs is 5. The van der Waals surface area contributed by atoms with Gasteiger partial charge in [-0.1, -0.05) is 36.4 Å². The first kappa shape index (κ1) is 11.8. The molecular formula is C17H10N4S. The van der Waals surface area contributed by atoms with Gasteiger partial charge in [0.1, 0.15) is 12.7 Å². The number of hydrogen-bond donors (Lipinski definition) is 0. The second-order valence-corrected chi connectivity index (χ2v) is 6.12. The lowest BCUT2D eigenvalue weighted by Gasteiger charge is -2.04. The van der Waals surface area contributed by atoms with E-state index in [1.807, 2.05) is 17.4 Å². The molecule has 5 heteroatoms. The van der Waals surface area contributed by atoms with E-state index in [-0.39, 0.29) is 0 Å². The summed E-state index contributed by atoms with van der Waals surface area (Å²) in [6, 6.07) is 16.9. The first-order valence-corrected chi connectivity index (χ1v) is 7.78. The monoisotopic (exact) mass is 302 g/mol. The Balaban J connectivity index is 2.08. The molecule has 0 bridgehead atoms. The molecule has 0 amide bonds. The van der Waals surface area contributed by atoms with Crippen molar-refractivity contribution in [3.8, 4) is 5.95 Å². The zero-order valence-electron chi connectivity index (χ0n) is 11.5. The van der Waals surface area contributed by atoms with Crippen molar-refractivity contribution in [3.05, 3.63) is 61.2 Å². The molecule has 5 rings (SSSR count). The third-order valence-electron chi connectivity index (χ3n) is 3.86. The molecule has 0 unspecified atom stereocenters.